The Hall–Kier alpha value is -3.52. The summed E-state index contributed by atoms with van der Waals surface area (Å²) < 4.78 is 10.7. The van der Waals surface area contributed by atoms with E-state index in [2.05, 4.69) is 27.3 Å². The van der Waals surface area contributed by atoms with Gasteiger partial charge in [-0.05, 0) is 55.2 Å². The number of rotatable bonds is 10. The Bertz CT molecular complexity index is 1140. The Morgan fingerprint density at radius 3 is 2.74 bits per heavy atom. The van der Waals surface area contributed by atoms with Crippen LogP contribution >= 0.6 is 12.4 Å². The number of benzene rings is 2. The summed E-state index contributed by atoms with van der Waals surface area (Å²) in [6.07, 6.45) is 4.98. The molecule has 0 spiro atoms. The highest BCUT2D eigenvalue weighted by molar-refractivity contribution is 5.85. The number of hydrogen-bond donors (Lipinski definition) is 2. The second-order valence-corrected chi connectivity index (χ2v) is 8.34. The van der Waals surface area contributed by atoms with Crippen LogP contribution in [0.3, 0.4) is 0 Å². The Balaban J connectivity index is 0.00000342. The number of primary amides is 1. The number of nitrogens with two attached hydrogens (primary N) is 1. The molecular formula is C26H32ClN5O3. The molecule has 0 bridgehead atoms. The van der Waals surface area contributed by atoms with Gasteiger partial charge in [0.05, 0.1) is 19.9 Å². The first-order chi connectivity index (χ1) is 16.6. The number of aromatic nitrogens is 2. The number of carbonyl (C=O) groups is 1. The van der Waals surface area contributed by atoms with Gasteiger partial charge in [0, 0.05) is 43.0 Å². The minimum absolute atomic E-state index is 0. The summed E-state index contributed by atoms with van der Waals surface area (Å²) in [6, 6.07) is 16.2. The van der Waals surface area contributed by atoms with E-state index in [0.717, 1.165) is 48.3 Å². The molecule has 1 atom stereocenters. The summed E-state index contributed by atoms with van der Waals surface area (Å²) in [6.45, 7) is 1.61. The van der Waals surface area contributed by atoms with E-state index in [1.54, 1.807) is 20.4 Å². The Morgan fingerprint density at radius 2 is 1.97 bits per heavy atom. The largest absolute Gasteiger partial charge is 0.493 e. The quantitative estimate of drug-likeness (QED) is 0.435. The lowest BCUT2D eigenvalue weighted by Gasteiger charge is -2.26. The third-order valence-corrected chi connectivity index (χ3v) is 6.09. The Labute approximate surface area is 212 Å². The molecule has 0 radical (unpaired) electrons. The molecule has 1 fully saturated rings. The maximum atomic E-state index is 11.5. The molecule has 4 rings (SSSR count). The van der Waals surface area contributed by atoms with Gasteiger partial charge in [-0.25, -0.2) is 9.97 Å². The molecule has 9 heteroatoms. The number of nitrogens with one attached hydrogen (secondary N) is 1. The molecule has 2 heterocycles. The van der Waals surface area contributed by atoms with Crippen molar-refractivity contribution in [3.63, 3.8) is 0 Å². The minimum Gasteiger partial charge on any atom is -0.493 e. The lowest BCUT2D eigenvalue weighted by atomic mass is 10.1. The third kappa shape index (κ3) is 6.54. The van der Waals surface area contributed by atoms with Gasteiger partial charge in [-0.3, -0.25) is 4.79 Å². The molecule has 8 nitrogen and oxygen atoms in total. The Morgan fingerprint density at radius 1 is 1.14 bits per heavy atom. The van der Waals surface area contributed by atoms with Gasteiger partial charge in [0.2, 0.25) is 11.9 Å². The summed E-state index contributed by atoms with van der Waals surface area (Å²) in [5.41, 5.74) is 9.52. The van der Waals surface area contributed by atoms with Crippen molar-refractivity contribution < 1.29 is 14.3 Å². The van der Waals surface area contributed by atoms with E-state index in [0.29, 0.717) is 30.4 Å². The van der Waals surface area contributed by atoms with Crippen molar-refractivity contribution in [1.29, 1.82) is 0 Å². The average molecular weight is 498 g/mol. The molecule has 2 aromatic carbocycles. The first-order valence-corrected chi connectivity index (χ1v) is 11.5. The molecule has 0 saturated carbocycles. The summed E-state index contributed by atoms with van der Waals surface area (Å²) in [5.74, 6) is 1.75. The van der Waals surface area contributed by atoms with E-state index in [4.69, 9.17) is 20.2 Å². The van der Waals surface area contributed by atoms with Gasteiger partial charge in [0.15, 0.2) is 11.5 Å². The van der Waals surface area contributed by atoms with Crippen LogP contribution in [0.15, 0.2) is 54.7 Å². The topological polar surface area (TPSA) is 103 Å². The fourth-order valence-electron chi connectivity index (χ4n) is 4.42. The molecule has 3 N–H and O–H groups in total. The number of methoxy groups -OCH3 is 2. The number of ether oxygens (including phenoxy) is 2. The van der Waals surface area contributed by atoms with Crippen molar-refractivity contribution in [1.82, 2.24) is 9.97 Å². The van der Waals surface area contributed by atoms with Gasteiger partial charge in [-0.2, -0.15) is 0 Å². The maximum Gasteiger partial charge on any atom is 0.223 e. The molecule has 1 aliphatic rings. The van der Waals surface area contributed by atoms with Crippen molar-refractivity contribution in [2.75, 3.05) is 37.5 Å². The molecule has 0 aliphatic carbocycles. The first-order valence-electron chi connectivity index (χ1n) is 11.5. The standard InChI is InChI=1S/C26H31N5O3.ClH/c1-33-23-9-8-18(15-24(23)34-2)10-12-28-26-29-13-11-22(30-26)19-5-3-6-20(16-19)31-14-4-7-21(31)17-25(27)32;/h3,5-6,8-9,11,13,15-16,21H,4,7,10,12,14,17H2,1-2H3,(H2,27,32)(H,28,29,30);1H. The van der Waals surface area contributed by atoms with Crippen LogP contribution in [0.2, 0.25) is 0 Å². The zero-order chi connectivity index (χ0) is 23.9. The van der Waals surface area contributed by atoms with Crippen LogP contribution in [-0.4, -0.2) is 49.2 Å². The van der Waals surface area contributed by atoms with Gasteiger partial charge >= 0.3 is 0 Å². The van der Waals surface area contributed by atoms with Crippen LogP contribution in [0, 0.1) is 0 Å². The monoisotopic (exact) mass is 497 g/mol. The molecule has 1 saturated heterocycles. The van der Waals surface area contributed by atoms with Crippen molar-refractivity contribution in [3.8, 4) is 22.8 Å². The fourth-order valence-corrected chi connectivity index (χ4v) is 4.42. The summed E-state index contributed by atoms with van der Waals surface area (Å²) in [5, 5.41) is 3.31. The number of hydrogen-bond acceptors (Lipinski definition) is 7. The van der Waals surface area contributed by atoms with Crippen LogP contribution in [0.5, 0.6) is 11.5 Å². The van der Waals surface area contributed by atoms with Crippen LogP contribution in [-0.2, 0) is 11.2 Å². The average Bonchev–Trinajstić information content (AvgIpc) is 3.31. The molecule has 1 amide bonds. The van der Waals surface area contributed by atoms with Crippen molar-refractivity contribution >= 4 is 29.9 Å². The molecule has 35 heavy (non-hydrogen) atoms. The predicted molar refractivity (Wildman–Crippen MR) is 141 cm³/mol. The minimum atomic E-state index is -0.257. The van der Waals surface area contributed by atoms with Crippen LogP contribution < -0.4 is 25.4 Å². The smallest absolute Gasteiger partial charge is 0.223 e. The number of halogens is 1. The molecule has 3 aromatic rings. The second-order valence-electron chi connectivity index (χ2n) is 8.34. The van der Waals surface area contributed by atoms with Gasteiger partial charge in [-0.1, -0.05) is 18.2 Å². The number of anilines is 2. The van der Waals surface area contributed by atoms with E-state index in [1.165, 1.54) is 0 Å². The SMILES string of the molecule is COc1ccc(CCNc2nccc(-c3cccc(N4CCCC4CC(N)=O)c3)n2)cc1OC.Cl. The van der Waals surface area contributed by atoms with Crippen molar-refractivity contribution in [2.45, 2.75) is 31.7 Å². The van der Waals surface area contributed by atoms with Crippen LogP contribution in [0.25, 0.3) is 11.3 Å². The number of nitrogens with zero attached hydrogens (tertiary/aromatic N) is 3. The second kappa shape index (κ2) is 12.3. The normalized spacial score (nSPS) is 14.8. The highest BCUT2D eigenvalue weighted by atomic mass is 35.5. The molecular weight excluding hydrogens is 466 g/mol. The van der Waals surface area contributed by atoms with E-state index in [-0.39, 0.29) is 24.4 Å². The molecule has 1 aliphatic heterocycles. The number of carbonyl (C=O) groups excluding carboxylic acids is 1. The molecule has 1 aromatic heterocycles. The van der Waals surface area contributed by atoms with E-state index in [1.807, 2.05) is 36.4 Å². The van der Waals surface area contributed by atoms with Crippen LogP contribution in [0.4, 0.5) is 11.6 Å². The van der Waals surface area contributed by atoms with Gasteiger partial charge in [0.25, 0.3) is 0 Å². The van der Waals surface area contributed by atoms with E-state index >= 15 is 0 Å². The van der Waals surface area contributed by atoms with Gasteiger partial charge in [0.1, 0.15) is 0 Å². The van der Waals surface area contributed by atoms with Gasteiger partial charge in [-0.15, -0.1) is 12.4 Å². The summed E-state index contributed by atoms with van der Waals surface area (Å²) in [7, 11) is 3.26. The molecule has 186 valence electrons. The van der Waals surface area contributed by atoms with Crippen molar-refractivity contribution in [2.24, 2.45) is 5.73 Å². The predicted octanol–water partition coefficient (Wildman–Crippen LogP) is 4.08. The zero-order valence-corrected chi connectivity index (χ0v) is 20.9. The zero-order valence-electron chi connectivity index (χ0n) is 20.1. The number of amides is 1. The third-order valence-electron chi connectivity index (χ3n) is 6.09. The lowest BCUT2D eigenvalue weighted by molar-refractivity contribution is -0.118. The van der Waals surface area contributed by atoms with Crippen LogP contribution in [0.1, 0.15) is 24.8 Å². The van der Waals surface area contributed by atoms with Crippen molar-refractivity contribution in [3.05, 3.63) is 60.3 Å². The first kappa shape index (κ1) is 26.1. The lowest BCUT2D eigenvalue weighted by Crippen LogP contribution is -2.33. The van der Waals surface area contributed by atoms with E-state index < -0.39 is 0 Å². The highest BCUT2D eigenvalue weighted by Crippen LogP contribution is 2.31. The van der Waals surface area contributed by atoms with Gasteiger partial charge < -0.3 is 25.4 Å². The summed E-state index contributed by atoms with van der Waals surface area (Å²) >= 11 is 0. The fraction of sp³-hybridized carbons (Fsp3) is 0.346. The molecule has 1 unspecified atom stereocenters. The Kier molecular flexibility index (Phi) is 9.14. The van der Waals surface area contributed by atoms with E-state index in [9.17, 15) is 4.79 Å². The highest BCUT2D eigenvalue weighted by Gasteiger charge is 2.26. The maximum absolute atomic E-state index is 11.5. The summed E-state index contributed by atoms with van der Waals surface area (Å²) in [4.78, 5) is 22.8.